The van der Waals surface area contributed by atoms with Crippen LogP contribution in [-0.2, 0) is 6.54 Å². The molecule has 0 amide bonds. The van der Waals surface area contributed by atoms with E-state index in [2.05, 4.69) is 15.0 Å². The molecule has 1 N–H and O–H groups in total. The van der Waals surface area contributed by atoms with Gasteiger partial charge in [-0.1, -0.05) is 12.1 Å². The molecule has 1 aromatic rings. The highest BCUT2D eigenvalue weighted by atomic mass is 35.5. The molecular weight excluding hydrogens is 293 g/mol. The predicted molar refractivity (Wildman–Crippen MR) is 73.1 cm³/mol. The van der Waals surface area contributed by atoms with Crippen LogP contribution < -0.4 is 10.1 Å². The molecule has 3 nitrogen and oxygen atoms in total. The minimum Gasteiger partial charge on any atom is -0.406 e. The van der Waals surface area contributed by atoms with Crippen molar-refractivity contribution in [3.05, 3.63) is 29.8 Å². The summed E-state index contributed by atoms with van der Waals surface area (Å²) < 4.78 is 39.9. The minimum absolute atomic E-state index is 0. The number of hydrogen-bond donors (Lipinski definition) is 1. The van der Waals surface area contributed by atoms with Crippen molar-refractivity contribution >= 4 is 12.4 Å². The lowest BCUT2D eigenvalue weighted by atomic mass is 10.2. The zero-order chi connectivity index (χ0) is 13.7. The number of hydrogen-bond acceptors (Lipinski definition) is 3. The fourth-order valence-electron chi connectivity index (χ4n) is 2.11. The molecule has 2 rings (SSSR count). The van der Waals surface area contributed by atoms with Gasteiger partial charge in [-0.2, -0.15) is 0 Å². The highest BCUT2D eigenvalue weighted by Crippen LogP contribution is 2.23. The van der Waals surface area contributed by atoms with Crippen LogP contribution in [0.25, 0.3) is 0 Å². The third-order valence-electron chi connectivity index (χ3n) is 3.00. The molecule has 1 saturated heterocycles. The summed E-state index contributed by atoms with van der Waals surface area (Å²) in [6.45, 7) is 4.70. The summed E-state index contributed by atoms with van der Waals surface area (Å²) >= 11 is 0. The van der Waals surface area contributed by atoms with Gasteiger partial charge in [0.15, 0.2) is 0 Å². The van der Waals surface area contributed by atoms with E-state index in [0.717, 1.165) is 44.7 Å². The van der Waals surface area contributed by atoms with E-state index in [1.165, 1.54) is 12.1 Å². The Morgan fingerprint density at radius 2 is 1.80 bits per heavy atom. The second-order valence-electron chi connectivity index (χ2n) is 4.57. The van der Waals surface area contributed by atoms with Crippen LogP contribution in [0.4, 0.5) is 13.2 Å². The lowest BCUT2D eigenvalue weighted by Gasteiger charge is -2.19. The topological polar surface area (TPSA) is 24.5 Å². The van der Waals surface area contributed by atoms with E-state index in [1.54, 1.807) is 12.1 Å². The van der Waals surface area contributed by atoms with Gasteiger partial charge in [-0.15, -0.1) is 25.6 Å². The number of ether oxygens (including phenoxy) is 1. The number of halogens is 4. The van der Waals surface area contributed by atoms with Crippen molar-refractivity contribution < 1.29 is 17.9 Å². The summed E-state index contributed by atoms with van der Waals surface area (Å²) in [4.78, 5) is 2.29. The molecule has 1 aliphatic rings. The van der Waals surface area contributed by atoms with Gasteiger partial charge >= 0.3 is 6.36 Å². The van der Waals surface area contributed by atoms with Crippen molar-refractivity contribution in [1.82, 2.24) is 10.2 Å². The molecule has 1 aliphatic heterocycles. The van der Waals surface area contributed by atoms with E-state index in [0.29, 0.717) is 0 Å². The average molecular weight is 311 g/mol. The molecule has 114 valence electrons. The third kappa shape index (κ3) is 5.98. The Bertz CT molecular complexity index is 390. The molecule has 1 fully saturated rings. The van der Waals surface area contributed by atoms with E-state index < -0.39 is 6.36 Å². The predicted octanol–water partition coefficient (Wildman–Crippen LogP) is 2.80. The van der Waals surface area contributed by atoms with Crippen molar-refractivity contribution in [2.75, 3.05) is 26.2 Å². The molecule has 0 unspecified atom stereocenters. The van der Waals surface area contributed by atoms with Gasteiger partial charge in [-0.3, -0.25) is 4.90 Å². The van der Waals surface area contributed by atoms with Crippen LogP contribution in [0.2, 0.25) is 0 Å². The average Bonchev–Trinajstić information content (AvgIpc) is 2.58. The van der Waals surface area contributed by atoms with E-state index in [1.807, 2.05) is 0 Å². The summed E-state index contributed by atoms with van der Waals surface area (Å²) in [5.74, 6) is -0.172. The van der Waals surface area contributed by atoms with Crippen LogP contribution in [0.1, 0.15) is 12.0 Å². The van der Waals surface area contributed by atoms with Crippen LogP contribution in [0, 0.1) is 0 Å². The molecule has 20 heavy (non-hydrogen) atoms. The number of alkyl halides is 3. The van der Waals surface area contributed by atoms with E-state index in [4.69, 9.17) is 0 Å². The van der Waals surface area contributed by atoms with Crippen LogP contribution in [-0.4, -0.2) is 37.4 Å². The second kappa shape index (κ2) is 7.71. The Labute approximate surface area is 122 Å². The van der Waals surface area contributed by atoms with Crippen LogP contribution in [0.5, 0.6) is 5.75 Å². The van der Waals surface area contributed by atoms with E-state index in [-0.39, 0.29) is 18.2 Å². The summed E-state index contributed by atoms with van der Waals surface area (Å²) in [5, 5.41) is 3.31. The summed E-state index contributed by atoms with van der Waals surface area (Å²) in [7, 11) is 0. The van der Waals surface area contributed by atoms with Crippen LogP contribution in [0.15, 0.2) is 24.3 Å². The zero-order valence-corrected chi connectivity index (χ0v) is 11.8. The van der Waals surface area contributed by atoms with E-state index in [9.17, 15) is 13.2 Å². The molecule has 0 atom stereocenters. The normalized spacial score (nSPS) is 17.1. The fraction of sp³-hybridized carbons (Fsp3) is 0.538. The third-order valence-corrected chi connectivity index (χ3v) is 3.00. The molecule has 0 aliphatic carbocycles. The number of nitrogens with zero attached hydrogens (tertiary/aromatic N) is 1. The van der Waals surface area contributed by atoms with Crippen molar-refractivity contribution in [3.8, 4) is 5.75 Å². The van der Waals surface area contributed by atoms with Gasteiger partial charge in [0, 0.05) is 19.6 Å². The number of rotatable bonds is 3. The Kier molecular flexibility index (Phi) is 6.58. The maximum atomic E-state index is 12.0. The monoisotopic (exact) mass is 310 g/mol. The SMILES string of the molecule is Cl.FC(F)(F)Oc1ccc(CN2CCCNCC2)cc1. The van der Waals surface area contributed by atoms with Crippen molar-refractivity contribution in [1.29, 1.82) is 0 Å². The Morgan fingerprint density at radius 3 is 2.45 bits per heavy atom. The van der Waals surface area contributed by atoms with Gasteiger partial charge in [0.2, 0.25) is 0 Å². The highest BCUT2D eigenvalue weighted by Gasteiger charge is 2.30. The Balaban J connectivity index is 0.00000200. The molecule has 0 spiro atoms. The second-order valence-corrected chi connectivity index (χ2v) is 4.57. The van der Waals surface area contributed by atoms with Gasteiger partial charge in [-0.05, 0) is 37.2 Å². The lowest BCUT2D eigenvalue weighted by Crippen LogP contribution is -2.27. The first-order valence-corrected chi connectivity index (χ1v) is 6.31. The first-order chi connectivity index (χ1) is 9.03. The number of benzene rings is 1. The van der Waals surface area contributed by atoms with Crippen molar-refractivity contribution in [3.63, 3.8) is 0 Å². The first kappa shape index (κ1) is 17.1. The molecule has 0 saturated carbocycles. The smallest absolute Gasteiger partial charge is 0.406 e. The Morgan fingerprint density at radius 1 is 1.10 bits per heavy atom. The molecule has 1 heterocycles. The van der Waals surface area contributed by atoms with Gasteiger partial charge in [0.05, 0.1) is 0 Å². The maximum absolute atomic E-state index is 12.0. The van der Waals surface area contributed by atoms with Crippen LogP contribution >= 0.6 is 12.4 Å². The standard InChI is InChI=1S/C13H17F3N2O.ClH/c14-13(15,16)19-12-4-2-11(3-5-12)10-18-8-1-6-17-7-9-18;/h2-5,17H,1,6-10H2;1H. The van der Waals surface area contributed by atoms with Crippen molar-refractivity contribution in [2.24, 2.45) is 0 Å². The van der Waals surface area contributed by atoms with Gasteiger partial charge in [-0.25, -0.2) is 0 Å². The van der Waals surface area contributed by atoms with E-state index >= 15 is 0 Å². The highest BCUT2D eigenvalue weighted by molar-refractivity contribution is 5.85. The number of nitrogens with one attached hydrogen (secondary N) is 1. The van der Waals surface area contributed by atoms with Gasteiger partial charge < -0.3 is 10.1 Å². The Hall–Kier alpha value is -0.980. The van der Waals surface area contributed by atoms with Crippen LogP contribution in [0.3, 0.4) is 0 Å². The maximum Gasteiger partial charge on any atom is 0.573 e. The van der Waals surface area contributed by atoms with Crippen molar-refractivity contribution in [2.45, 2.75) is 19.3 Å². The minimum atomic E-state index is -4.63. The first-order valence-electron chi connectivity index (χ1n) is 6.31. The van der Waals surface area contributed by atoms with Gasteiger partial charge in [0.1, 0.15) is 5.75 Å². The lowest BCUT2D eigenvalue weighted by molar-refractivity contribution is -0.274. The molecular formula is C13H18ClF3N2O. The molecule has 1 aromatic carbocycles. The van der Waals surface area contributed by atoms with Gasteiger partial charge in [0.25, 0.3) is 0 Å². The summed E-state index contributed by atoms with van der Waals surface area (Å²) in [6, 6.07) is 6.08. The molecule has 0 bridgehead atoms. The fourth-order valence-corrected chi connectivity index (χ4v) is 2.11. The summed E-state index contributed by atoms with van der Waals surface area (Å²) in [6.07, 6.45) is -3.53. The molecule has 0 radical (unpaired) electrons. The zero-order valence-electron chi connectivity index (χ0n) is 10.9. The largest absolute Gasteiger partial charge is 0.573 e. The molecule has 0 aromatic heterocycles. The molecule has 7 heteroatoms. The quantitative estimate of drug-likeness (QED) is 0.929. The summed E-state index contributed by atoms with van der Waals surface area (Å²) in [5.41, 5.74) is 0.997.